The molecular weight excluding hydrogens is 284 g/mol. The van der Waals surface area contributed by atoms with Crippen LogP contribution < -0.4 is 0 Å². The van der Waals surface area contributed by atoms with Gasteiger partial charge in [0.1, 0.15) is 11.6 Å². The van der Waals surface area contributed by atoms with Crippen LogP contribution in [0.3, 0.4) is 0 Å². The molecule has 4 heteroatoms. The standard InChI is InChI=1S/C19H18N4/c1-13-4-7-18(11-20)19(10-13)17-8-5-16(6-9-17)12-23-15(3)21-14(2)22-23/h4-10H,12H2,1-3H3. The molecule has 0 aliphatic heterocycles. The predicted molar refractivity (Wildman–Crippen MR) is 89.9 cm³/mol. The lowest BCUT2D eigenvalue weighted by Gasteiger charge is -2.08. The van der Waals surface area contributed by atoms with E-state index in [0.29, 0.717) is 12.1 Å². The minimum Gasteiger partial charge on any atom is -0.246 e. The van der Waals surface area contributed by atoms with E-state index < -0.39 is 0 Å². The van der Waals surface area contributed by atoms with Crippen LogP contribution in [0.4, 0.5) is 0 Å². The van der Waals surface area contributed by atoms with Gasteiger partial charge in [0, 0.05) is 0 Å². The normalized spacial score (nSPS) is 10.5. The Morgan fingerprint density at radius 1 is 1.04 bits per heavy atom. The lowest BCUT2D eigenvalue weighted by atomic mass is 9.97. The predicted octanol–water partition coefficient (Wildman–Crippen LogP) is 3.79. The third-order valence-corrected chi connectivity index (χ3v) is 3.86. The fourth-order valence-corrected chi connectivity index (χ4v) is 2.67. The number of rotatable bonds is 3. The van der Waals surface area contributed by atoms with E-state index >= 15 is 0 Å². The van der Waals surface area contributed by atoms with Crippen molar-refractivity contribution in [1.82, 2.24) is 14.8 Å². The second-order valence-electron chi connectivity index (χ2n) is 5.72. The first-order valence-electron chi connectivity index (χ1n) is 7.55. The number of hydrogen-bond donors (Lipinski definition) is 0. The summed E-state index contributed by atoms with van der Waals surface area (Å²) in [4.78, 5) is 4.32. The molecule has 1 heterocycles. The zero-order chi connectivity index (χ0) is 16.4. The molecule has 0 fully saturated rings. The van der Waals surface area contributed by atoms with E-state index in [1.54, 1.807) is 0 Å². The van der Waals surface area contributed by atoms with Gasteiger partial charge < -0.3 is 0 Å². The van der Waals surface area contributed by atoms with Gasteiger partial charge in [-0.15, -0.1) is 0 Å². The molecule has 2 aromatic carbocycles. The quantitative estimate of drug-likeness (QED) is 0.739. The Morgan fingerprint density at radius 2 is 1.78 bits per heavy atom. The molecule has 0 bridgehead atoms. The van der Waals surface area contributed by atoms with E-state index in [0.717, 1.165) is 33.9 Å². The van der Waals surface area contributed by atoms with Gasteiger partial charge in [-0.25, -0.2) is 9.67 Å². The molecule has 0 aliphatic rings. The first-order valence-corrected chi connectivity index (χ1v) is 7.55. The molecule has 0 N–H and O–H groups in total. The fourth-order valence-electron chi connectivity index (χ4n) is 2.67. The van der Waals surface area contributed by atoms with Gasteiger partial charge in [0.15, 0.2) is 0 Å². The highest BCUT2D eigenvalue weighted by molar-refractivity contribution is 5.71. The van der Waals surface area contributed by atoms with Gasteiger partial charge in [-0.1, -0.05) is 42.0 Å². The molecule has 0 saturated carbocycles. The van der Waals surface area contributed by atoms with Crippen LogP contribution in [-0.2, 0) is 6.54 Å². The van der Waals surface area contributed by atoms with Crippen molar-refractivity contribution in [3.63, 3.8) is 0 Å². The van der Waals surface area contributed by atoms with Gasteiger partial charge in [-0.2, -0.15) is 10.4 Å². The number of aromatic nitrogens is 3. The van der Waals surface area contributed by atoms with E-state index in [4.69, 9.17) is 0 Å². The first kappa shape index (κ1) is 15.0. The Bertz CT molecular complexity index is 883. The van der Waals surface area contributed by atoms with Crippen LogP contribution in [0.25, 0.3) is 11.1 Å². The van der Waals surface area contributed by atoms with Crippen LogP contribution in [0.15, 0.2) is 42.5 Å². The summed E-state index contributed by atoms with van der Waals surface area (Å²) in [6.07, 6.45) is 0. The molecule has 0 atom stereocenters. The molecule has 0 radical (unpaired) electrons. The SMILES string of the molecule is Cc1ccc(C#N)c(-c2ccc(Cn3nc(C)nc3C)cc2)c1. The molecular formula is C19H18N4. The van der Waals surface area contributed by atoms with Gasteiger partial charge in [-0.05, 0) is 43.5 Å². The Hall–Kier alpha value is -2.93. The summed E-state index contributed by atoms with van der Waals surface area (Å²) in [5.41, 5.74) is 5.04. The third kappa shape index (κ3) is 3.14. The molecule has 3 aromatic rings. The average molecular weight is 302 g/mol. The summed E-state index contributed by atoms with van der Waals surface area (Å²) >= 11 is 0. The maximum absolute atomic E-state index is 9.28. The van der Waals surface area contributed by atoms with Gasteiger partial charge >= 0.3 is 0 Å². The Kier molecular flexibility index (Phi) is 3.94. The smallest absolute Gasteiger partial charge is 0.147 e. The monoisotopic (exact) mass is 302 g/mol. The second-order valence-corrected chi connectivity index (χ2v) is 5.72. The summed E-state index contributed by atoms with van der Waals surface area (Å²) in [6, 6.07) is 16.4. The van der Waals surface area contributed by atoms with Crippen molar-refractivity contribution in [2.24, 2.45) is 0 Å². The van der Waals surface area contributed by atoms with Crippen molar-refractivity contribution < 1.29 is 0 Å². The molecule has 0 aliphatic carbocycles. The lowest BCUT2D eigenvalue weighted by molar-refractivity contribution is 0.656. The van der Waals surface area contributed by atoms with Crippen molar-refractivity contribution >= 4 is 0 Å². The van der Waals surface area contributed by atoms with Gasteiger partial charge in [0.05, 0.1) is 18.2 Å². The van der Waals surface area contributed by atoms with Crippen LogP contribution in [-0.4, -0.2) is 14.8 Å². The fraction of sp³-hybridized carbons (Fsp3) is 0.211. The zero-order valence-corrected chi connectivity index (χ0v) is 13.5. The molecule has 1 aromatic heterocycles. The number of nitriles is 1. The van der Waals surface area contributed by atoms with E-state index in [9.17, 15) is 5.26 Å². The summed E-state index contributed by atoms with van der Waals surface area (Å²) in [7, 11) is 0. The van der Waals surface area contributed by atoms with E-state index in [-0.39, 0.29) is 0 Å². The third-order valence-electron chi connectivity index (χ3n) is 3.86. The molecule has 0 unspecified atom stereocenters. The lowest BCUT2D eigenvalue weighted by Crippen LogP contribution is -2.04. The average Bonchev–Trinajstić information content (AvgIpc) is 2.85. The summed E-state index contributed by atoms with van der Waals surface area (Å²) in [6.45, 7) is 6.59. The van der Waals surface area contributed by atoms with Crippen molar-refractivity contribution in [1.29, 1.82) is 5.26 Å². The van der Waals surface area contributed by atoms with Crippen LogP contribution >= 0.6 is 0 Å². The van der Waals surface area contributed by atoms with E-state index in [1.807, 2.05) is 37.6 Å². The van der Waals surface area contributed by atoms with E-state index in [1.165, 1.54) is 0 Å². The largest absolute Gasteiger partial charge is 0.246 e. The summed E-state index contributed by atoms with van der Waals surface area (Å²) in [5, 5.41) is 13.7. The van der Waals surface area contributed by atoms with Crippen molar-refractivity contribution in [2.75, 3.05) is 0 Å². The Morgan fingerprint density at radius 3 is 2.39 bits per heavy atom. The van der Waals surface area contributed by atoms with Crippen LogP contribution in [0.5, 0.6) is 0 Å². The summed E-state index contributed by atoms with van der Waals surface area (Å²) < 4.78 is 1.90. The number of benzene rings is 2. The molecule has 114 valence electrons. The highest BCUT2D eigenvalue weighted by Gasteiger charge is 2.07. The van der Waals surface area contributed by atoms with E-state index in [2.05, 4.69) is 46.5 Å². The Labute approximate surface area is 136 Å². The summed E-state index contributed by atoms with van der Waals surface area (Å²) in [5.74, 6) is 1.70. The second kappa shape index (κ2) is 6.05. The molecule has 4 nitrogen and oxygen atoms in total. The maximum Gasteiger partial charge on any atom is 0.147 e. The van der Waals surface area contributed by atoms with Crippen molar-refractivity contribution in [3.8, 4) is 17.2 Å². The molecule has 3 rings (SSSR count). The van der Waals surface area contributed by atoms with Crippen LogP contribution in [0, 0.1) is 32.1 Å². The van der Waals surface area contributed by atoms with Crippen LogP contribution in [0.2, 0.25) is 0 Å². The van der Waals surface area contributed by atoms with Gasteiger partial charge in [0.2, 0.25) is 0 Å². The minimum absolute atomic E-state index is 0.700. The zero-order valence-electron chi connectivity index (χ0n) is 13.5. The van der Waals surface area contributed by atoms with Crippen LogP contribution in [0.1, 0.15) is 28.3 Å². The maximum atomic E-state index is 9.28. The highest BCUT2D eigenvalue weighted by Crippen LogP contribution is 2.25. The Balaban J connectivity index is 1.90. The number of aryl methyl sites for hydroxylation is 3. The number of hydrogen-bond acceptors (Lipinski definition) is 3. The van der Waals surface area contributed by atoms with Crippen molar-refractivity contribution in [2.45, 2.75) is 27.3 Å². The topological polar surface area (TPSA) is 54.5 Å². The van der Waals surface area contributed by atoms with Gasteiger partial charge in [0.25, 0.3) is 0 Å². The molecule has 23 heavy (non-hydrogen) atoms. The number of nitrogens with zero attached hydrogens (tertiary/aromatic N) is 4. The van der Waals surface area contributed by atoms with Gasteiger partial charge in [-0.3, -0.25) is 0 Å². The molecule has 0 amide bonds. The highest BCUT2D eigenvalue weighted by atomic mass is 15.3. The molecule has 0 saturated heterocycles. The minimum atomic E-state index is 0.700. The first-order chi connectivity index (χ1) is 11.1. The van der Waals surface area contributed by atoms with Crippen molar-refractivity contribution in [3.05, 3.63) is 70.8 Å². The molecule has 0 spiro atoms.